The number of carboxylic acids is 2. The van der Waals surface area contributed by atoms with Crippen molar-refractivity contribution in [1.82, 2.24) is 0 Å². The average molecular weight is 210 g/mol. The molecule has 1 atom stereocenters. The van der Waals surface area contributed by atoms with Gasteiger partial charge < -0.3 is 15.1 Å². The highest BCUT2D eigenvalue weighted by Gasteiger charge is 2.36. The second-order valence-electron chi connectivity index (χ2n) is 2.92. The summed E-state index contributed by atoms with van der Waals surface area (Å²) in [6.45, 7) is 0. The lowest BCUT2D eigenvalue weighted by Crippen LogP contribution is -2.13. The number of carbonyl (C=O) groups is 2. The van der Waals surface area contributed by atoms with Gasteiger partial charge in [-0.1, -0.05) is 6.07 Å². The molecule has 2 rings (SSSR count). The third kappa shape index (κ3) is 1.40. The number of hydrogen-bond donors (Lipinski definition) is 2. The zero-order valence-electron chi connectivity index (χ0n) is 7.34. The molecule has 0 amide bonds. The van der Waals surface area contributed by atoms with Gasteiger partial charge in [-0.25, -0.2) is 9.59 Å². The molecule has 1 heterocycles. The molecule has 1 aliphatic rings. The highest BCUT2D eigenvalue weighted by Crippen LogP contribution is 2.37. The Bertz CT molecular complexity index is 438. The van der Waals surface area contributed by atoms with Crippen LogP contribution in [0.25, 0.3) is 0 Å². The van der Waals surface area contributed by atoms with Crippen LogP contribution in [0.4, 0.5) is 0 Å². The van der Waals surface area contributed by atoms with E-state index in [1.54, 1.807) is 0 Å². The van der Waals surface area contributed by atoms with Gasteiger partial charge in [-0.15, -0.1) is 0 Å². The predicted octanol–water partition coefficient (Wildman–Crippen LogP) is 0.834. The van der Waals surface area contributed by atoms with Crippen LogP contribution in [0, 0.1) is 0 Å². The van der Waals surface area contributed by atoms with E-state index in [1.807, 2.05) is 0 Å². The smallest absolute Gasteiger partial charge is 0.342 e. The first kappa shape index (κ1) is 9.47. The Morgan fingerprint density at radius 1 is 1.27 bits per heavy atom. The second kappa shape index (κ2) is 3.25. The lowest BCUT2D eigenvalue weighted by molar-refractivity contribution is -0.229. The number of carboxylic acid groups (broad SMARTS) is 2. The first-order valence-electron chi connectivity index (χ1n) is 4.03. The van der Waals surface area contributed by atoms with E-state index in [-0.39, 0.29) is 16.9 Å². The molecule has 0 spiro atoms. The number of fused-ring (bicyclic) bond motifs is 1. The van der Waals surface area contributed by atoms with Crippen molar-refractivity contribution in [3.8, 4) is 5.75 Å². The summed E-state index contributed by atoms with van der Waals surface area (Å²) in [4.78, 5) is 30.7. The number of aromatic carboxylic acids is 1. The fourth-order valence-corrected chi connectivity index (χ4v) is 1.39. The lowest BCUT2D eigenvalue weighted by atomic mass is 10.0. The van der Waals surface area contributed by atoms with Crippen molar-refractivity contribution in [1.29, 1.82) is 0 Å². The van der Waals surface area contributed by atoms with Crippen molar-refractivity contribution >= 4 is 11.9 Å². The van der Waals surface area contributed by atoms with Crippen molar-refractivity contribution in [3.05, 3.63) is 29.3 Å². The molecule has 0 bridgehead atoms. The Balaban J connectivity index is 2.58. The number of hydrogen-bond acceptors (Lipinski definition) is 4. The summed E-state index contributed by atoms with van der Waals surface area (Å²) >= 11 is 0. The number of aliphatic carboxylic acids is 1. The maximum atomic E-state index is 10.8. The van der Waals surface area contributed by atoms with E-state index in [0.717, 1.165) is 0 Å². The summed E-state index contributed by atoms with van der Waals surface area (Å²) in [6.07, 6.45) is -1.38. The topological polar surface area (TPSA) is 93.1 Å². The van der Waals surface area contributed by atoms with Gasteiger partial charge in [0.2, 0.25) is 6.10 Å². The largest absolute Gasteiger partial charge is 0.479 e. The number of benzene rings is 1. The van der Waals surface area contributed by atoms with Gasteiger partial charge >= 0.3 is 11.9 Å². The van der Waals surface area contributed by atoms with Crippen LogP contribution in [0.1, 0.15) is 22.0 Å². The van der Waals surface area contributed by atoms with Gasteiger partial charge in [-0.3, -0.25) is 0 Å². The quantitative estimate of drug-likeness (QED) is 0.702. The van der Waals surface area contributed by atoms with Crippen molar-refractivity contribution in [2.45, 2.75) is 6.10 Å². The summed E-state index contributed by atoms with van der Waals surface area (Å²) in [5.41, 5.74) is -0.0881. The Hall–Kier alpha value is -2.08. The highest BCUT2D eigenvalue weighted by atomic mass is 17.2. The highest BCUT2D eigenvalue weighted by molar-refractivity contribution is 5.93. The van der Waals surface area contributed by atoms with Crippen LogP contribution in [-0.2, 0) is 9.68 Å². The van der Waals surface area contributed by atoms with E-state index >= 15 is 0 Å². The monoisotopic (exact) mass is 210 g/mol. The molecule has 2 N–H and O–H groups in total. The average Bonchev–Trinajstić information content (AvgIpc) is 2.60. The van der Waals surface area contributed by atoms with Crippen molar-refractivity contribution < 1.29 is 29.6 Å². The lowest BCUT2D eigenvalue weighted by Gasteiger charge is -2.03. The molecule has 0 saturated heterocycles. The zero-order valence-corrected chi connectivity index (χ0v) is 7.34. The Morgan fingerprint density at radius 3 is 2.60 bits per heavy atom. The van der Waals surface area contributed by atoms with Crippen LogP contribution in [0.15, 0.2) is 18.2 Å². The van der Waals surface area contributed by atoms with Gasteiger partial charge in [0.05, 0.1) is 11.1 Å². The Labute approximate surface area is 83.6 Å². The van der Waals surface area contributed by atoms with Crippen molar-refractivity contribution in [3.63, 3.8) is 0 Å². The van der Waals surface area contributed by atoms with Crippen LogP contribution in [-0.4, -0.2) is 22.2 Å². The standard InChI is InChI=1S/C9H6O6/c10-8(11)4-2-1-3-5-6(4)7(9(12)13)15-14-5/h1-3,7H,(H,10,11)(H,12,13). The summed E-state index contributed by atoms with van der Waals surface area (Å²) in [5.74, 6) is -2.38. The molecule has 0 saturated carbocycles. The maximum absolute atomic E-state index is 10.8. The third-order valence-corrected chi connectivity index (χ3v) is 2.02. The minimum absolute atomic E-state index is 0.0394. The summed E-state index contributed by atoms with van der Waals surface area (Å²) in [6, 6.07) is 4.20. The molecule has 0 aliphatic carbocycles. The van der Waals surface area contributed by atoms with Gasteiger partial charge in [0, 0.05) is 0 Å². The molecule has 0 fully saturated rings. The minimum atomic E-state index is -1.38. The molecule has 6 heteroatoms. The van der Waals surface area contributed by atoms with Crippen LogP contribution in [0.3, 0.4) is 0 Å². The Morgan fingerprint density at radius 2 is 2.00 bits per heavy atom. The summed E-state index contributed by atoms with van der Waals surface area (Å²) in [5, 5.41) is 17.6. The second-order valence-corrected chi connectivity index (χ2v) is 2.92. The maximum Gasteiger partial charge on any atom is 0.342 e. The fraction of sp³-hybridized carbons (Fsp3) is 0.111. The van der Waals surface area contributed by atoms with Crippen molar-refractivity contribution in [2.24, 2.45) is 0 Å². The molecule has 1 aliphatic heterocycles. The molecule has 78 valence electrons. The minimum Gasteiger partial charge on any atom is -0.479 e. The molecular weight excluding hydrogens is 204 g/mol. The molecule has 1 aromatic rings. The van der Waals surface area contributed by atoms with Crippen LogP contribution in [0.2, 0.25) is 0 Å². The number of rotatable bonds is 2. The van der Waals surface area contributed by atoms with Gasteiger partial charge in [0.1, 0.15) is 0 Å². The molecule has 1 unspecified atom stereocenters. The third-order valence-electron chi connectivity index (χ3n) is 2.02. The predicted molar refractivity (Wildman–Crippen MR) is 45.5 cm³/mol. The normalized spacial score (nSPS) is 18.0. The van der Waals surface area contributed by atoms with E-state index in [4.69, 9.17) is 10.2 Å². The van der Waals surface area contributed by atoms with E-state index < -0.39 is 18.0 Å². The SMILES string of the molecule is O=C(O)c1cccc2c1C(C(=O)O)OO2. The van der Waals surface area contributed by atoms with Gasteiger partial charge in [0.15, 0.2) is 5.75 Å². The van der Waals surface area contributed by atoms with E-state index in [1.165, 1.54) is 18.2 Å². The molecular formula is C9H6O6. The molecule has 6 nitrogen and oxygen atoms in total. The van der Waals surface area contributed by atoms with Gasteiger partial charge in [-0.2, -0.15) is 4.89 Å². The van der Waals surface area contributed by atoms with E-state index in [2.05, 4.69) is 9.78 Å². The molecule has 0 radical (unpaired) electrons. The molecule has 0 aromatic heterocycles. The van der Waals surface area contributed by atoms with Crippen LogP contribution >= 0.6 is 0 Å². The van der Waals surface area contributed by atoms with Crippen LogP contribution in [0.5, 0.6) is 5.75 Å². The summed E-state index contributed by atoms with van der Waals surface area (Å²) < 4.78 is 0. The van der Waals surface area contributed by atoms with E-state index in [0.29, 0.717) is 0 Å². The molecule has 15 heavy (non-hydrogen) atoms. The first-order valence-corrected chi connectivity index (χ1v) is 4.03. The first-order chi connectivity index (χ1) is 7.11. The zero-order chi connectivity index (χ0) is 11.0. The van der Waals surface area contributed by atoms with E-state index in [9.17, 15) is 9.59 Å². The van der Waals surface area contributed by atoms with Gasteiger partial charge in [-0.05, 0) is 12.1 Å². The van der Waals surface area contributed by atoms with Crippen molar-refractivity contribution in [2.75, 3.05) is 0 Å². The summed E-state index contributed by atoms with van der Waals surface area (Å²) in [7, 11) is 0. The van der Waals surface area contributed by atoms with Gasteiger partial charge in [0.25, 0.3) is 0 Å². The Kier molecular flexibility index (Phi) is 2.05. The van der Waals surface area contributed by atoms with Crippen LogP contribution < -0.4 is 4.89 Å². The fourth-order valence-electron chi connectivity index (χ4n) is 1.39. The molecule has 1 aromatic carbocycles.